The van der Waals surface area contributed by atoms with Crippen molar-refractivity contribution < 1.29 is 23.9 Å². The van der Waals surface area contributed by atoms with Crippen LogP contribution in [0.2, 0.25) is 0 Å². The molecular weight excluding hydrogens is 366 g/mol. The zero-order valence-corrected chi connectivity index (χ0v) is 15.1. The van der Waals surface area contributed by atoms with Gasteiger partial charge in [0.25, 0.3) is 11.8 Å². The van der Waals surface area contributed by atoms with E-state index >= 15 is 0 Å². The van der Waals surface area contributed by atoms with Crippen LogP contribution in [0.4, 0.5) is 0 Å². The molecule has 134 valence electrons. The zero-order chi connectivity index (χ0) is 18.0. The van der Waals surface area contributed by atoms with Crippen molar-refractivity contribution in [2.45, 2.75) is 30.7 Å². The van der Waals surface area contributed by atoms with Crippen LogP contribution >= 0.6 is 23.1 Å². The maximum atomic E-state index is 12.2. The van der Waals surface area contributed by atoms with Gasteiger partial charge in [0, 0.05) is 12.2 Å². The second-order valence-corrected chi connectivity index (χ2v) is 8.30. The second-order valence-electron chi connectivity index (χ2n) is 5.85. The van der Waals surface area contributed by atoms with Gasteiger partial charge in [0.2, 0.25) is 5.91 Å². The van der Waals surface area contributed by atoms with E-state index in [2.05, 4.69) is 10.9 Å². The number of nitrogens with zero attached hydrogens (tertiary/aromatic N) is 1. The standard InChI is InChI=1S/C15H17N3O5S2/c1-15-5-4-12(20)18(15)9(8-25-15)14(22)23-7-11(19)16-17-13(21)10-3-2-6-24-10/h2-3,6,9H,4-5,7-8H2,1H3,(H,16,19)(H,17,21). The van der Waals surface area contributed by atoms with Gasteiger partial charge in [-0.1, -0.05) is 6.07 Å². The third-order valence-corrected chi connectivity index (χ3v) is 6.50. The van der Waals surface area contributed by atoms with Crippen LogP contribution in [0.1, 0.15) is 29.4 Å². The topological polar surface area (TPSA) is 105 Å². The van der Waals surface area contributed by atoms with E-state index in [9.17, 15) is 19.2 Å². The van der Waals surface area contributed by atoms with Crippen molar-refractivity contribution in [3.05, 3.63) is 22.4 Å². The highest BCUT2D eigenvalue weighted by molar-refractivity contribution is 8.01. The molecule has 2 saturated heterocycles. The minimum absolute atomic E-state index is 0.0675. The first-order valence-electron chi connectivity index (χ1n) is 7.66. The molecule has 2 aliphatic rings. The molecule has 1 aromatic heterocycles. The molecule has 2 fully saturated rings. The van der Waals surface area contributed by atoms with E-state index in [1.54, 1.807) is 34.2 Å². The Morgan fingerprint density at radius 2 is 2.20 bits per heavy atom. The van der Waals surface area contributed by atoms with Gasteiger partial charge in [-0.3, -0.25) is 25.2 Å². The molecule has 3 amide bonds. The molecular formula is C15H17N3O5S2. The molecule has 2 N–H and O–H groups in total. The molecule has 0 bridgehead atoms. The summed E-state index contributed by atoms with van der Waals surface area (Å²) in [6.45, 7) is 1.41. The lowest BCUT2D eigenvalue weighted by molar-refractivity contribution is -0.156. The highest BCUT2D eigenvalue weighted by Gasteiger charge is 2.53. The summed E-state index contributed by atoms with van der Waals surface area (Å²) in [4.78, 5) is 49.2. The summed E-state index contributed by atoms with van der Waals surface area (Å²) in [5.74, 6) is -1.31. The van der Waals surface area contributed by atoms with E-state index in [1.807, 2.05) is 6.92 Å². The molecule has 0 aromatic carbocycles. The SMILES string of the molecule is CC12CCC(=O)N1C(C(=O)OCC(=O)NNC(=O)c1cccs1)CS2. The minimum Gasteiger partial charge on any atom is -0.454 e. The third-order valence-electron chi connectivity index (χ3n) is 4.12. The average Bonchev–Trinajstić information content (AvgIpc) is 3.29. The minimum atomic E-state index is -0.668. The van der Waals surface area contributed by atoms with Gasteiger partial charge < -0.3 is 9.64 Å². The predicted octanol–water partition coefficient (Wildman–Crippen LogP) is 0.506. The smallest absolute Gasteiger partial charge is 0.330 e. The molecule has 3 rings (SSSR count). The van der Waals surface area contributed by atoms with Gasteiger partial charge in [-0.15, -0.1) is 23.1 Å². The van der Waals surface area contributed by atoms with Crippen LogP contribution in [-0.2, 0) is 19.1 Å². The van der Waals surface area contributed by atoms with Crippen molar-refractivity contribution in [2.24, 2.45) is 0 Å². The van der Waals surface area contributed by atoms with Gasteiger partial charge >= 0.3 is 5.97 Å². The number of thiophene rings is 1. The van der Waals surface area contributed by atoms with E-state index in [-0.39, 0.29) is 10.8 Å². The highest BCUT2D eigenvalue weighted by Crippen LogP contribution is 2.47. The lowest BCUT2D eigenvalue weighted by atomic mass is 10.2. The summed E-state index contributed by atoms with van der Waals surface area (Å²) in [7, 11) is 0. The van der Waals surface area contributed by atoms with E-state index in [4.69, 9.17) is 4.74 Å². The molecule has 0 saturated carbocycles. The summed E-state index contributed by atoms with van der Waals surface area (Å²) in [6.07, 6.45) is 1.12. The summed E-state index contributed by atoms with van der Waals surface area (Å²) >= 11 is 2.79. The molecule has 3 heterocycles. The molecule has 2 aliphatic heterocycles. The number of hydrogen-bond acceptors (Lipinski definition) is 7. The van der Waals surface area contributed by atoms with Crippen molar-refractivity contribution in [3.63, 3.8) is 0 Å². The van der Waals surface area contributed by atoms with Crippen LogP contribution in [0.15, 0.2) is 17.5 Å². The lowest BCUT2D eigenvalue weighted by Gasteiger charge is -2.29. The first kappa shape index (κ1) is 17.7. The predicted molar refractivity (Wildman–Crippen MR) is 91.6 cm³/mol. The molecule has 0 radical (unpaired) electrons. The number of hydrogen-bond donors (Lipinski definition) is 2. The number of amides is 3. The van der Waals surface area contributed by atoms with Crippen LogP contribution in [0.25, 0.3) is 0 Å². The fourth-order valence-corrected chi connectivity index (χ4v) is 4.90. The molecule has 0 aliphatic carbocycles. The fraction of sp³-hybridized carbons (Fsp3) is 0.467. The Balaban J connectivity index is 1.45. The molecule has 0 spiro atoms. The largest absolute Gasteiger partial charge is 0.454 e. The van der Waals surface area contributed by atoms with Gasteiger partial charge in [-0.2, -0.15) is 0 Å². The van der Waals surface area contributed by atoms with Gasteiger partial charge in [-0.25, -0.2) is 4.79 Å². The molecule has 25 heavy (non-hydrogen) atoms. The van der Waals surface area contributed by atoms with Crippen LogP contribution in [0, 0.1) is 0 Å². The van der Waals surface area contributed by atoms with Crippen LogP contribution in [-0.4, -0.2) is 51.9 Å². The number of nitrogens with one attached hydrogen (secondary N) is 2. The number of ether oxygens (including phenoxy) is 1. The Labute approximate surface area is 152 Å². The summed E-state index contributed by atoms with van der Waals surface area (Å²) in [6, 6.07) is 2.67. The molecule has 10 heteroatoms. The van der Waals surface area contributed by atoms with Crippen molar-refractivity contribution >= 4 is 46.8 Å². The Morgan fingerprint density at radius 3 is 2.92 bits per heavy atom. The van der Waals surface area contributed by atoms with Crippen LogP contribution < -0.4 is 10.9 Å². The average molecular weight is 383 g/mol. The van der Waals surface area contributed by atoms with Gasteiger partial charge in [0.15, 0.2) is 6.61 Å². The Kier molecular flexibility index (Phi) is 5.00. The van der Waals surface area contributed by atoms with E-state index in [0.717, 1.165) is 0 Å². The Bertz CT molecular complexity index is 708. The zero-order valence-electron chi connectivity index (χ0n) is 13.4. The summed E-state index contributed by atoms with van der Waals surface area (Å²) in [5.41, 5.74) is 4.42. The summed E-state index contributed by atoms with van der Waals surface area (Å²) in [5, 5.41) is 1.74. The van der Waals surface area contributed by atoms with Crippen molar-refractivity contribution in [3.8, 4) is 0 Å². The number of esters is 1. The number of hydrazine groups is 1. The quantitative estimate of drug-likeness (QED) is 0.580. The maximum absolute atomic E-state index is 12.2. The van der Waals surface area contributed by atoms with E-state index in [0.29, 0.717) is 23.5 Å². The number of thioether (sulfide) groups is 1. The van der Waals surface area contributed by atoms with E-state index < -0.39 is 30.4 Å². The first-order valence-corrected chi connectivity index (χ1v) is 9.53. The first-order chi connectivity index (χ1) is 11.9. The molecule has 2 unspecified atom stereocenters. The van der Waals surface area contributed by atoms with E-state index in [1.165, 1.54) is 11.3 Å². The van der Waals surface area contributed by atoms with Crippen molar-refractivity contribution in [1.82, 2.24) is 15.8 Å². The normalized spacial score (nSPS) is 24.8. The Hall–Kier alpha value is -2.07. The van der Waals surface area contributed by atoms with Crippen LogP contribution in [0.5, 0.6) is 0 Å². The van der Waals surface area contributed by atoms with Gasteiger partial charge in [0.1, 0.15) is 6.04 Å². The lowest BCUT2D eigenvalue weighted by Crippen LogP contribution is -2.48. The monoisotopic (exact) mass is 383 g/mol. The van der Waals surface area contributed by atoms with Crippen LogP contribution in [0.3, 0.4) is 0 Å². The fourth-order valence-electron chi connectivity index (χ4n) is 2.86. The summed E-state index contributed by atoms with van der Waals surface area (Å²) < 4.78 is 5.01. The number of carbonyl (C=O) groups is 4. The highest BCUT2D eigenvalue weighted by atomic mass is 32.2. The van der Waals surface area contributed by atoms with Crippen molar-refractivity contribution in [2.75, 3.05) is 12.4 Å². The Morgan fingerprint density at radius 1 is 1.40 bits per heavy atom. The van der Waals surface area contributed by atoms with Gasteiger partial charge in [-0.05, 0) is 24.8 Å². The van der Waals surface area contributed by atoms with Crippen molar-refractivity contribution in [1.29, 1.82) is 0 Å². The number of fused-ring (bicyclic) bond motifs is 1. The van der Waals surface area contributed by atoms with Gasteiger partial charge in [0.05, 0.1) is 9.75 Å². The number of rotatable bonds is 4. The third kappa shape index (κ3) is 3.64. The molecule has 1 aromatic rings. The number of carbonyl (C=O) groups excluding carboxylic acids is 4. The molecule has 2 atom stereocenters. The molecule has 8 nitrogen and oxygen atoms in total. The second kappa shape index (κ2) is 7.04. The maximum Gasteiger partial charge on any atom is 0.330 e.